The number of hydrogen-bond donors (Lipinski definition) is 1. The molecule has 1 saturated heterocycles. The van der Waals surface area contributed by atoms with Crippen molar-refractivity contribution in [2.45, 2.75) is 25.2 Å². The Hall–Kier alpha value is -3.51. The lowest BCUT2D eigenvalue weighted by Gasteiger charge is -2.35. The van der Waals surface area contributed by atoms with Gasteiger partial charge in [0.15, 0.2) is 6.10 Å². The summed E-state index contributed by atoms with van der Waals surface area (Å²) in [6.45, 7) is 2.33. The molecule has 0 spiro atoms. The van der Waals surface area contributed by atoms with E-state index in [-0.39, 0.29) is 0 Å². The number of benzene rings is 3. The van der Waals surface area contributed by atoms with Crippen molar-refractivity contribution >= 4 is 6.09 Å². The van der Waals surface area contributed by atoms with E-state index in [9.17, 15) is 9.90 Å². The molecule has 1 N–H and O–H groups in total. The second-order valence-corrected chi connectivity index (χ2v) is 7.88. The Labute approximate surface area is 188 Å². The third kappa shape index (κ3) is 4.01. The SMILES string of the molecule is COc1ccc([C@H]2OC(=O)N(CCc3ccc(C)cc3)[C@]2(O)c2ccc(OC)cc2)cc1. The van der Waals surface area contributed by atoms with Crippen LogP contribution in [0.15, 0.2) is 72.8 Å². The first-order valence-corrected chi connectivity index (χ1v) is 10.5. The topological polar surface area (TPSA) is 68.2 Å². The molecule has 3 aromatic carbocycles. The molecule has 0 aliphatic carbocycles. The summed E-state index contributed by atoms with van der Waals surface area (Å²) in [7, 11) is 3.17. The molecular weight excluding hydrogens is 406 g/mol. The van der Waals surface area contributed by atoms with E-state index in [0.29, 0.717) is 35.6 Å². The summed E-state index contributed by atoms with van der Waals surface area (Å²) >= 11 is 0. The van der Waals surface area contributed by atoms with Gasteiger partial charge in [0, 0.05) is 12.1 Å². The number of ether oxygens (including phenoxy) is 3. The lowest BCUT2D eigenvalue weighted by atomic mass is 9.91. The highest BCUT2D eigenvalue weighted by atomic mass is 16.6. The molecule has 0 saturated carbocycles. The van der Waals surface area contributed by atoms with Crippen molar-refractivity contribution in [1.82, 2.24) is 4.90 Å². The Morgan fingerprint density at radius 1 is 0.906 bits per heavy atom. The van der Waals surface area contributed by atoms with Crippen molar-refractivity contribution in [2.24, 2.45) is 0 Å². The van der Waals surface area contributed by atoms with Gasteiger partial charge in [-0.05, 0) is 48.7 Å². The van der Waals surface area contributed by atoms with Crippen LogP contribution in [0.2, 0.25) is 0 Å². The number of carbonyl (C=O) groups excluding carboxylic acids is 1. The van der Waals surface area contributed by atoms with E-state index in [4.69, 9.17) is 14.2 Å². The molecule has 1 heterocycles. The van der Waals surface area contributed by atoms with Crippen molar-refractivity contribution in [2.75, 3.05) is 20.8 Å². The molecule has 0 bridgehead atoms. The average molecular weight is 434 g/mol. The number of methoxy groups -OCH3 is 2. The van der Waals surface area contributed by atoms with Gasteiger partial charge in [0.2, 0.25) is 5.72 Å². The van der Waals surface area contributed by atoms with Crippen LogP contribution < -0.4 is 9.47 Å². The molecule has 166 valence electrons. The van der Waals surface area contributed by atoms with E-state index in [2.05, 4.69) is 0 Å². The van der Waals surface area contributed by atoms with E-state index in [1.807, 2.05) is 31.2 Å². The fraction of sp³-hybridized carbons (Fsp3) is 0.269. The van der Waals surface area contributed by atoms with Crippen LogP contribution in [0, 0.1) is 6.92 Å². The predicted molar refractivity (Wildman–Crippen MR) is 121 cm³/mol. The molecule has 1 aliphatic heterocycles. The Kier molecular flexibility index (Phi) is 6.06. The average Bonchev–Trinajstić information content (AvgIpc) is 3.09. The van der Waals surface area contributed by atoms with Crippen molar-refractivity contribution in [1.29, 1.82) is 0 Å². The maximum Gasteiger partial charge on any atom is 0.413 e. The fourth-order valence-corrected chi connectivity index (χ4v) is 4.01. The minimum Gasteiger partial charge on any atom is -0.497 e. The first kappa shape index (κ1) is 21.7. The minimum atomic E-state index is -1.68. The Bertz CT molecular complexity index is 1060. The number of aryl methyl sites for hydroxylation is 1. The number of cyclic esters (lactones) is 1. The van der Waals surface area contributed by atoms with Crippen LogP contribution in [0.1, 0.15) is 28.4 Å². The minimum absolute atomic E-state index is 0.303. The van der Waals surface area contributed by atoms with Crippen molar-refractivity contribution < 1.29 is 24.1 Å². The van der Waals surface area contributed by atoms with Gasteiger partial charge in [0.05, 0.1) is 14.2 Å². The quantitative estimate of drug-likeness (QED) is 0.590. The van der Waals surface area contributed by atoms with Gasteiger partial charge in [-0.15, -0.1) is 0 Å². The van der Waals surface area contributed by atoms with Crippen LogP contribution in [0.5, 0.6) is 11.5 Å². The zero-order chi connectivity index (χ0) is 22.7. The summed E-state index contributed by atoms with van der Waals surface area (Å²) in [5.74, 6) is 1.34. The molecule has 1 amide bonds. The number of amides is 1. The molecule has 1 fully saturated rings. The van der Waals surface area contributed by atoms with E-state index in [0.717, 1.165) is 5.56 Å². The zero-order valence-electron chi connectivity index (χ0n) is 18.4. The molecule has 4 rings (SSSR count). The Morgan fingerprint density at radius 2 is 1.47 bits per heavy atom. The lowest BCUT2D eigenvalue weighted by Crippen LogP contribution is -2.46. The van der Waals surface area contributed by atoms with Gasteiger partial charge >= 0.3 is 6.09 Å². The van der Waals surface area contributed by atoms with Gasteiger partial charge in [-0.25, -0.2) is 4.79 Å². The number of rotatable bonds is 7. The van der Waals surface area contributed by atoms with Crippen LogP contribution in [-0.4, -0.2) is 36.9 Å². The largest absolute Gasteiger partial charge is 0.497 e. The molecular formula is C26H27NO5. The smallest absolute Gasteiger partial charge is 0.413 e. The summed E-state index contributed by atoms with van der Waals surface area (Å²) in [4.78, 5) is 14.4. The first-order valence-electron chi connectivity index (χ1n) is 10.5. The summed E-state index contributed by atoms with van der Waals surface area (Å²) in [5.41, 5.74) is 1.80. The first-order chi connectivity index (χ1) is 15.5. The highest BCUT2D eigenvalue weighted by Gasteiger charge is 2.55. The Balaban J connectivity index is 1.70. The molecule has 6 nitrogen and oxygen atoms in total. The van der Waals surface area contributed by atoms with E-state index in [1.165, 1.54) is 10.5 Å². The van der Waals surface area contributed by atoms with Gasteiger partial charge < -0.3 is 19.3 Å². The molecule has 6 heteroatoms. The van der Waals surface area contributed by atoms with Gasteiger partial charge in [-0.1, -0.05) is 54.1 Å². The maximum atomic E-state index is 13.0. The third-order valence-corrected chi connectivity index (χ3v) is 5.89. The molecule has 32 heavy (non-hydrogen) atoms. The standard InChI is InChI=1S/C26H27NO5/c1-18-4-6-19(7-5-18)16-17-27-25(28)32-24(20-8-12-22(30-2)13-9-20)26(27,29)21-10-14-23(31-3)15-11-21/h4-15,24,29H,16-17H2,1-3H3/t24-,26+/m1/s1. The molecule has 1 aliphatic rings. The molecule has 3 aromatic rings. The van der Waals surface area contributed by atoms with E-state index >= 15 is 0 Å². The lowest BCUT2D eigenvalue weighted by molar-refractivity contribution is -0.109. The highest BCUT2D eigenvalue weighted by molar-refractivity contribution is 5.72. The summed E-state index contributed by atoms with van der Waals surface area (Å²) < 4.78 is 16.2. The second kappa shape index (κ2) is 8.93. The van der Waals surface area contributed by atoms with Gasteiger partial charge in [0.1, 0.15) is 11.5 Å². The predicted octanol–water partition coefficient (Wildman–Crippen LogP) is 4.59. The van der Waals surface area contributed by atoms with Crippen molar-refractivity contribution in [3.05, 3.63) is 95.1 Å². The molecule has 0 unspecified atom stereocenters. The maximum absolute atomic E-state index is 13.0. The molecule has 0 radical (unpaired) electrons. The van der Waals surface area contributed by atoms with Crippen LogP contribution in [0.25, 0.3) is 0 Å². The summed E-state index contributed by atoms with van der Waals surface area (Å²) in [6, 6.07) is 22.4. The van der Waals surface area contributed by atoms with Crippen LogP contribution in [-0.2, 0) is 16.9 Å². The monoisotopic (exact) mass is 433 g/mol. The normalized spacial score (nSPS) is 20.2. The molecule has 0 aromatic heterocycles. The van der Waals surface area contributed by atoms with Gasteiger partial charge in [-0.2, -0.15) is 0 Å². The van der Waals surface area contributed by atoms with Gasteiger partial charge in [0.25, 0.3) is 0 Å². The summed E-state index contributed by atoms with van der Waals surface area (Å²) in [6.07, 6.45) is -0.869. The van der Waals surface area contributed by atoms with E-state index < -0.39 is 17.9 Å². The van der Waals surface area contributed by atoms with Crippen LogP contribution >= 0.6 is 0 Å². The van der Waals surface area contributed by atoms with Gasteiger partial charge in [-0.3, -0.25) is 4.90 Å². The van der Waals surface area contributed by atoms with Crippen molar-refractivity contribution in [3.63, 3.8) is 0 Å². The zero-order valence-corrected chi connectivity index (χ0v) is 18.4. The highest BCUT2D eigenvalue weighted by Crippen LogP contribution is 2.47. The second-order valence-electron chi connectivity index (χ2n) is 7.88. The summed E-state index contributed by atoms with van der Waals surface area (Å²) in [5, 5.41) is 12.0. The number of hydrogen-bond acceptors (Lipinski definition) is 5. The number of aliphatic hydroxyl groups is 1. The van der Waals surface area contributed by atoms with Crippen LogP contribution in [0.3, 0.4) is 0 Å². The van der Waals surface area contributed by atoms with Crippen LogP contribution in [0.4, 0.5) is 4.79 Å². The van der Waals surface area contributed by atoms with Crippen molar-refractivity contribution in [3.8, 4) is 11.5 Å². The number of nitrogens with zero attached hydrogens (tertiary/aromatic N) is 1. The molecule has 2 atom stereocenters. The fourth-order valence-electron chi connectivity index (χ4n) is 4.01. The van der Waals surface area contributed by atoms with E-state index in [1.54, 1.807) is 62.8 Å². The Morgan fingerprint density at radius 3 is 2.03 bits per heavy atom. The number of carbonyl (C=O) groups is 1. The third-order valence-electron chi connectivity index (χ3n) is 5.89.